The summed E-state index contributed by atoms with van der Waals surface area (Å²) in [5, 5.41) is 0. The zero-order chi connectivity index (χ0) is 9.35. The Morgan fingerprint density at radius 1 is 1.58 bits per heavy atom. The van der Waals surface area contributed by atoms with E-state index < -0.39 is 15.1 Å². The molecule has 0 saturated carbocycles. The Morgan fingerprint density at radius 2 is 2.17 bits per heavy atom. The fourth-order valence-corrected chi connectivity index (χ4v) is 1.50. The summed E-state index contributed by atoms with van der Waals surface area (Å²) in [6.45, 7) is 0. The van der Waals surface area contributed by atoms with Gasteiger partial charge >= 0.3 is 10.2 Å². The molecule has 12 heavy (non-hydrogen) atoms. The summed E-state index contributed by atoms with van der Waals surface area (Å²) in [7, 11) is -4.69. The normalized spacial score (nSPS) is 11.5. The van der Waals surface area contributed by atoms with Crippen molar-refractivity contribution >= 4 is 32.0 Å². The Bertz CT molecular complexity index is 406. The van der Waals surface area contributed by atoms with Crippen molar-refractivity contribution < 1.29 is 12.3 Å². The van der Waals surface area contributed by atoms with Gasteiger partial charge in [-0.25, -0.2) is 4.98 Å². The van der Waals surface area contributed by atoms with E-state index in [9.17, 15) is 12.3 Å². The zero-order valence-electron chi connectivity index (χ0n) is 5.66. The molecule has 0 atom stereocenters. The molecule has 1 aromatic rings. The summed E-state index contributed by atoms with van der Waals surface area (Å²) in [6.07, 6.45) is 0.857. The lowest BCUT2D eigenvalue weighted by Crippen LogP contribution is -1.97. The van der Waals surface area contributed by atoms with Crippen LogP contribution in [0.5, 0.6) is 0 Å². The fourth-order valence-electron chi connectivity index (χ4n) is 0.564. The Hall–Kier alpha value is -0.690. The molecule has 0 radical (unpaired) electrons. The maximum atomic E-state index is 12.3. The van der Waals surface area contributed by atoms with Crippen LogP contribution in [-0.4, -0.2) is 13.4 Å². The molecule has 0 amide bonds. The van der Waals surface area contributed by atoms with Crippen LogP contribution in [0.25, 0.3) is 0 Å². The van der Waals surface area contributed by atoms with E-state index in [1.807, 2.05) is 0 Å². The lowest BCUT2D eigenvalue weighted by Gasteiger charge is -1.97. The molecule has 0 bridgehead atoms. The summed E-state index contributed by atoms with van der Waals surface area (Å²) in [5.41, 5.74) is 5.26. The van der Waals surface area contributed by atoms with Gasteiger partial charge in [-0.15, -0.1) is 3.89 Å². The second kappa shape index (κ2) is 2.98. The Morgan fingerprint density at radius 3 is 2.58 bits per heavy atom. The minimum absolute atomic E-state index is 0.113. The van der Waals surface area contributed by atoms with Crippen LogP contribution in [0, 0.1) is 0 Å². The number of hydrogen-bond donors (Lipinski definition) is 1. The molecule has 0 unspecified atom stereocenters. The minimum atomic E-state index is -4.69. The van der Waals surface area contributed by atoms with Crippen LogP contribution < -0.4 is 5.73 Å². The summed E-state index contributed by atoms with van der Waals surface area (Å²) in [5.74, 6) is 0.113. The van der Waals surface area contributed by atoms with Gasteiger partial charge in [0.2, 0.25) is 0 Å². The third kappa shape index (κ3) is 1.92. The number of nitrogens with zero attached hydrogens (tertiary/aromatic N) is 1. The third-order valence-corrected chi connectivity index (χ3v) is 2.55. The summed E-state index contributed by atoms with van der Waals surface area (Å²) in [4.78, 5) is 2.95. The van der Waals surface area contributed by atoms with Gasteiger partial charge in [-0.1, -0.05) is 0 Å². The number of aromatic nitrogens is 1. The van der Waals surface area contributed by atoms with Gasteiger partial charge in [0.25, 0.3) is 0 Å². The van der Waals surface area contributed by atoms with Crippen LogP contribution >= 0.6 is 15.9 Å². The fraction of sp³-hybridized carbons (Fsp3) is 0. The summed E-state index contributed by atoms with van der Waals surface area (Å²) < 4.78 is 33.2. The van der Waals surface area contributed by atoms with Crippen LogP contribution in [0.1, 0.15) is 0 Å². The molecular weight excluding hydrogens is 251 g/mol. The van der Waals surface area contributed by atoms with E-state index in [2.05, 4.69) is 20.9 Å². The number of nitrogen functional groups attached to an aromatic ring is 1. The number of pyridine rings is 1. The Kier molecular flexibility index (Phi) is 2.34. The van der Waals surface area contributed by atoms with E-state index in [-0.39, 0.29) is 10.3 Å². The molecular formula is C5H4BrFN2O2S. The van der Waals surface area contributed by atoms with Gasteiger partial charge in [-0.05, 0) is 22.0 Å². The monoisotopic (exact) mass is 254 g/mol. The first-order valence-electron chi connectivity index (χ1n) is 2.77. The molecule has 0 saturated heterocycles. The first-order chi connectivity index (χ1) is 5.41. The summed E-state index contributed by atoms with van der Waals surface area (Å²) >= 11 is 2.92. The Labute approximate surface area is 76.9 Å². The van der Waals surface area contributed by atoms with Crippen molar-refractivity contribution in [3.05, 3.63) is 16.7 Å². The highest BCUT2D eigenvalue weighted by Gasteiger charge is 2.13. The van der Waals surface area contributed by atoms with E-state index in [4.69, 9.17) is 5.73 Å². The number of anilines is 1. The highest BCUT2D eigenvalue weighted by atomic mass is 79.9. The molecule has 7 heteroatoms. The van der Waals surface area contributed by atoms with Crippen molar-refractivity contribution in [3.8, 4) is 0 Å². The van der Waals surface area contributed by atoms with E-state index >= 15 is 0 Å². The van der Waals surface area contributed by atoms with Gasteiger partial charge in [-0.2, -0.15) is 8.42 Å². The van der Waals surface area contributed by atoms with E-state index in [1.165, 1.54) is 0 Å². The van der Waals surface area contributed by atoms with Crippen molar-refractivity contribution in [2.24, 2.45) is 0 Å². The average molecular weight is 255 g/mol. The van der Waals surface area contributed by atoms with Gasteiger partial charge in [0, 0.05) is 0 Å². The molecule has 0 aliphatic carbocycles. The first kappa shape index (κ1) is 9.40. The topological polar surface area (TPSA) is 73.0 Å². The van der Waals surface area contributed by atoms with E-state index in [0.29, 0.717) is 0 Å². The molecule has 66 valence electrons. The van der Waals surface area contributed by atoms with Gasteiger partial charge in [-0.3, -0.25) is 0 Å². The second-order valence-corrected chi connectivity index (χ2v) is 4.18. The van der Waals surface area contributed by atoms with Crippen molar-refractivity contribution in [1.82, 2.24) is 4.98 Å². The Balaban J connectivity index is 3.33. The lowest BCUT2D eigenvalue weighted by atomic mass is 10.5. The van der Waals surface area contributed by atoms with Gasteiger partial charge in [0.05, 0.1) is 10.7 Å². The molecule has 1 aromatic heterocycles. The van der Waals surface area contributed by atoms with Crippen LogP contribution in [0.3, 0.4) is 0 Å². The molecule has 2 N–H and O–H groups in total. The number of rotatable bonds is 1. The second-order valence-electron chi connectivity index (χ2n) is 1.98. The van der Waals surface area contributed by atoms with Gasteiger partial charge in [0.1, 0.15) is 10.7 Å². The molecule has 0 spiro atoms. The standard InChI is InChI=1S/C5H4BrFN2O2S/c6-4-1-3(12(7,10)11)2-9-5(4)8/h1-2H,(H2,8,9). The van der Waals surface area contributed by atoms with Crippen LogP contribution in [-0.2, 0) is 10.2 Å². The minimum Gasteiger partial charge on any atom is -0.383 e. The van der Waals surface area contributed by atoms with Gasteiger partial charge in [0.15, 0.2) is 0 Å². The van der Waals surface area contributed by atoms with Crippen LogP contribution in [0.4, 0.5) is 9.70 Å². The first-order valence-corrected chi connectivity index (χ1v) is 4.94. The molecule has 1 rings (SSSR count). The largest absolute Gasteiger partial charge is 0.383 e. The molecule has 0 aliphatic rings. The molecule has 4 nitrogen and oxygen atoms in total. The molecule has 0 aromatic carbocycles. The summed E-state index contributed by atoms with van der Waals surface area (Å²) in [6, 6.07) is 1.05. The predicted octanol–water partition coefficient (Wildman–Crippen LogP) is 1.08. The highest BCUT2D eigenvalue weighted by molar-refractivity contribution is 9.10. The SMILES string of the molecule is Nc1ncc(S(=O)(=O)F)cc1Br. The predicted molar refractivity (Wildman–Crippen MR) is 44.6 cm³/mol. The van der Waals surface area contributed by atoms with Crippen molar-refractivity contribution in [3.63, 3.8) is 0 Å². The molecule has 0 fully saturated rings. The maximum absolute atomic E-state index is 12.3. The quantitative estimate of drug-likeness (QED) is 0.762. The van der Waals surface area contributed by atoms with Crippen molar-refractivity contribution in [2.45, 2.75) is 4.90 Å². The highest BCUT2D eigenvalue weighted by Crippen LogP contribution is 2.21. The molecule has 0 aliphatic heterocycles. The zero-order valence-corrected chi connectivity index (χ0v) is 8.06. The smallest absolute Gasteiger partial charge is 0.333 e. The van der Waals surface area contributed by atoms with Gasteiger partial charge < -0.3 is 5.73 Å². The molecule has 1 heterocycles. The number of halogens is 2. The van der Waals surface area contributed by atoms with Crippen molar-refractivity contribution in [2.75, 3.05) is 5.73 Å². The van der Waals surface area contributed by atoms with Crippen LogP contribution in [0.15, 0.2) is 21.6 Å². The van der Waals surface area contributed by atoms with Crippen LogP contribution in [0.2, 0.25) is 0 Å². The lowest BCUT2D eigenvalue weighted by molar-refractivity contribution is 0.551. The number of nitrogens with two attached hydrogens (primary N) is 1. The van der Waals surface area contributed by atoms with E-state index in [0.717, 1.165) is 12.3 Å². The van der Waals surface area contributed by atoms with Crippen molar-refractivity contribution in [1.29, 1.82) is 0 Å². The maximum Gasteiger partial charge on any atom is 0.333 e. The van der Waals surface area contributed by atoms with E-state index in [1.54, 1.807) is 0 Å². The average Bonchev–Trinajstić information content (AvgIpc) is 1.92. The number of hydrogen-bond acceptors (Lipinski definition) is 4. The third-order valence-electron chi connectivity index (χ3n) is 1.13.